The van der Waals surface area contributed by atoms with Gasteiger partial charge in [0.1, 0.15) is 5.75 Å². The number of aliphatic hydroxyl groups is 2. The fourth-order valence-corrected chi connectivity index (χ4v) is 2.65. The van der Waals surface area contributed by atoms with Crippen molar-refractivity contribution in [3.05, 3.63) is 23.8 Å². The Hall–Kier alpha value is -3.55. The Morgan fingerprint density at radius 1 is 0.971 bits per heavy atom. The molecule has 0 aromatic heterocycles. The Morgan fingerprint density at radius 3 is 2.06 bits per heavy atom. The number of esters is 3. The smallest absolute Gasteiger partial charge is 0.339 e. The van der Waals surface area contributed by atoms with E-state index in [1.54, 1.807) is 0 Å². The molecule has 1 rings (SSSR count). The van der Waals surface area contributed by atoms with Crippen LogP contribution in [0.1, 0.15) is 33.3 Å². The number of Topliss-reactive ketones (excluding diaryl/α,β-unsaturated/α-hetero) is 1. The third-order valence-corrected chi connectivity index (χ3v) is 4.00. The molecule has 0 heterocycles. The summed E-state index contributed by atoms with van der Waals surface area (Å²) in [6, 6.07) is 4.07. The number of amides is 1. The summed E-state index contributed by atoms with van der Waals surface area (Å²) < 4.78 is 25.1. The van der Waals surface area contributed by atoms with Gasteiger partial charge in [0.15, 0.2) is 11.9 Å². The highest BCUT2D eigenvalue weighted by atomic mass is 16.8. The van der Waals surface area contributed by atoms with E-state index in [1.807, 2.05) is 0 Å². The van der Waals surface area contributed by atoms with Gasteiger partial charge in [0.2, 0.25) is 12.0 Å². The zero-order valence-corrected chi connectivity index (χ0v) is 19.2. The summed E-state index contributed by atoms with van der Waals surface area (Å²) in [7, 11) is 0.979. The van der Waals surface area contributed by atoms with Gasteiger partial charge < -0.3 is 39.2 Å². The van der Waals surface area contributed by atoms with Crippen LogP contribution in [0, 0.1) is 0 Å². The van der Waals surface area contributed by atoms with Crippen LogP contribution < -0.4 is 10.1 Å². The summed E-state index contributed by atoms with van der Waals surface area (Å²) in [5.41, 5.74) is 0.438. The molecule has 4 unspecified atom stereocenters. The van der Waals surface area contributed by atoms with Gasteiger partial charge in [-0.3, -0.25) is 19.2 Å². The highest BCUT2D eigenvalue weighted by Crippen LogP contribution is 2.26. The van der Waals surface area contributed by atoms with Crippen molar-refractivity contribution in [2.24, 2.45) is 0 Å². The molecule has 188 valence electrons. The van der Waals surface area contributed by atoms with E-state index in [2.05, 4.69) is 14.8 Å². The van der Waals surface area contributed by atoms with Crippen molar-refractivity contribution >= 4 is 35.3 Å². The van der Waals surface area contributed by atoms with Gasteiger partial charge in [0.25, 0.3) is 12.6 Å². The normalized spacial score (nSPS) is 14.1. The zero-order valence-electron chi connectivity index (χ0n) is 19.2. The van der Waals surface area contributed by atoms with Gasteiger partial charge in [-0.05, 0) is 25.1 Å². The number of nitrogens with one attached hydrogen (secondary N) is 1. The average molecular weight is 485 g/mol. The van der Waals surface area contributed by atoms with Crippen molar-refractivity contribution in [3.63, 3.8) is 0 Å². The molecule has 13 heteroatoms. The Bertz CT molecular complexity index is 915. The number of anilines is 1. The van der Waals surface area contributed by atoms with E-state index in [0.29, 0.717) is 5.69 Å². The molecule has 13 nitrogen and oxygen atoms in total. The molecule has 0 aliphatic carbocycles. The van der Waals surface area contributed by atoms with Crippen molar-refractivity contribution < 1.29 is 57.9 Å². The van der Waals surface area contributed by atoms with Crippen LogP contribution in [-0.4, -0.2) is 71.7 Å². The Balaban J connectivity index is 3.38. The monoisotopic (exact) mass is 485 g/mol. The number of carbonyl (C=O) groups is 5. The molecule has 0 saturated heterocycles. The SMILES string of the molecule is COC(=O)C(OC(Oc1ccc(NC(C)=O)cc1CO)C(O)OC(C)=O)C(OC(C)=O)C(C)=O. The summed E-state index contributed by atoms with van der Waals surface area (Å²) in [4.78, 5) is 58.4. The number of ether oxygens (including phenoxy) is 5. The standard InChI is InChI=1S/C21H27NO12/c1-10(24)17(31-12(3)26)18(19(28)30-5)34-21(20(29)32-13(4)27)33-16-7-6-15(22-11(2)25)8-14(16)9-23/h6-8,17-18,20-21,23,29H,9H2,1-5H3,(H,22,25). The second-order valence-corrected chi connectivity index (χ2v) is 6.87. The fourth-order valence-electron chi connectivity index (χ4n) is 2.65. The van der Waals surface area contributed by atoms with Crippen molar-refractivity contribution in [2.45, 2.75) is 59.1 Å². The molecule has 1 amide bonds. The Kier molecular flexibility index (Phi) is 11.1. The number of methoxy groups -OCH3 is 1. The molecule has 0 radical (unpaired) electrons. The zero-order chi connectivity index (χ0) is 26.0. The lowest BCUT2D eigenvalue weighted by atomic mass is 10.1. The lowest BCUT2D eigenvalue weighted by molar-refractivity contribution is -0.257. The van der Waals surface area contributed by atoms with E-state index < -0.39 is 55.1 Å². The third-order valence-electron chi connectivity index (χ3n) is 4.00. The molecule has 0 aliphatic heterocycles. The van der Waals surface area contributed by atoms with Crippen LogP contribution in [0.4, 0.5) is 5.69 Å². The minimum atomic E-state index is -2.13. The van der Waals surface area contributed by atoms with E-state index in [0.717, 1.165) is 27.9 Å². The van der Waals surface area contributed by atoms with Crippen molar-refractivity contribution in [1.82, 2.24) is 0 Å². The summed E-state index contributed by atoms with van der Waals surface area (Å²) >= 11 is 0. The van der Waals surface area contributed by atoms with Crippen molar-refractivity contribution in [1.29, 1.82) is 0 Å². The van der Waals surface area contributed by atoms with Crippen molar-refractivity contribution in [3.8, 4) is 5.75 Å². The molecule has 0 spiro atoms. The first-order chi connectivity index (χ1) is 15.9. The first-order valence-electron chi connectivity index (χ1n) is 9.83. The lowest BCUT2D eigenvalue weighted by Gasteiger charge is -2.30. The molecule has 34 heavy (non-hydrogen) atoms. The van der Waals surface area contributed by atoms with Crippen molar-refractivity contribution in [2.75, 3.05) is 12.4 Å². The maximum atomic E-state index is 12.3. The maximum Gasteiger partial charge on any atom is 0.339 e. The van der Waals surface area contributed by atoms with Gasteiger partial charge in [0, 0.05) is 32.0 Å². The number of benzene rings is 1. The summed E-state index contributed by atoms with van der Waals surface area (Å²) in [5, 5.41) is 22.5. The summed E-state index contributed by atoms with van der Waals surface area (Å²) in [6.07, 6.45) is -7.78. The van der Waals surface area contributed by atoms with Gasteiger partial charge in [0.05, 0.1) is 13.7 Å². The predicted molar refractivity (Wildman–Crippen MR) is 112 cm³/mol. The second-order valence-electron chi connectivity index (χ2n) is 6.87. The molecule has 0 fully saturated rings. The predicted octanol–water partition coefficient (Wildman–Crippen LogP) is -0.197. The first kappa shape index (κ1) is 28.5. The molecular formula is C21H27NO12. The highest BCUT2D eigenvalue weighted by molar-refractivity contribution is 5.90. The van der Waals surface area contributed by atoms with Gasteiger partial charge in [-0.2, -0.15) is 0 Å². The second kappa shape index (κ2) is 13.2. The van der Waals surface area contributed by atoms with Gasteiger partial charge in [-0.25, -0.2) is 4.79 Å². The largest absolute Gasteiger partial charge is 0.467 e. The summed E-state index contributed by atoms with van der Waals surface area (Å²) in [6.45, 7) is 3.70. The van der Waals surface area contributed by atoms with Crippen LogP contribution in [0.2, 0.25) is 0 Å². The van der Waals surface area contributed by atoms with Crippen LogP contribution in [-0.2, 0) is 49.5 Å². The van der Waals surface area contributed by atoms with E-state index in [-0.39, 0.29) is 17.2 Å². The average Bonchev–Trinajstić information content (AvgIpc) is 2.74. The summed E-state index contributed by atoms with van der Waals surface area (Å²) in [5.74, 6) is -4.26. The maximum absolute atomic E-state index is 12.3. The molecule has 4 atom stereocenters. The molecule has 0 saturated carbocycles. The van der Waals surface area contributed by atoms with Crippen LogP contribution in [0.3, 0.4) is 0 Å². The Labute approximate surface area is 194 Å². The number of hydrogen-bond donors (Lipinski definition) is 3. The minimum absolute atomic E-state index is 0.0942. The van der Waals surface area contributed by atoms with E-state index in [4.69, 9.17) is 14.2 Å². The molecule has 0 bridgehead atoms. The number of rotatable bonds is 12. The van der Waals surface area contributed by atoms with Crippen LogP contribution in [0.25, 0.3) is 0 Å². The quantitative estimate of drug-likeness (QED) is 0.202. The number of aliphatic hydroxyl groups excluding tert-OH is 2. The van der Waals surface area contributed by atoms with E-state index in [1.165, 1.54) is 25.1 Å². The molecule has 1 aromatic rings. The highest BCUT2D eigenvalue weighted by Gasteiger charge is 2.41. The van der Waals surface area contributed by atoms with Gasteiger partial charge >= 0.3 is 17.9 Å². The fraction of sp³-hybridized carbons (Fsp3) is 0.476. The van der Waals surface area contributed by atoms with Gasteiger partial charge in [-0.15, -0.1) is 0 Å². The van der Waals surface area contributed by atoms with Crippen LogP contribution in [0.15, 0.2) is 18.2 Å². The minimum Gasteiger partial charge on any atom is -0.467 e. The molecule has 0 aliphatic rings. The van der Waals surface area contributed by atoms with E-state index in [9.17, 15) is 34.2 Å². The number of carbonyl (C=O) groups excluding carboxylic acids is 5. The molecule has 1 aromatic carbocycles. The molecular weight excluding hydrogens is 458 g/mol. The first-order valence-corrected chi connectivity index (χ1v) is 9.83. The topological polar surface area (TPSA) is 184 Å². The van der Waals surface area contributed by atoms with Crippen LogP contribution >= 0.6 is 0 Å². The van der Waals surface area contributed by atoms with E-state index >= 15 is 0 Å². The van der Waals surface area contributed by atoms with Gasteiger partial charge in [-0.1, -0.05) is 0 Å². The lowest BCUT2D eigenvalue weighted by Crippen LogP contribution is -2.50. The number of hydrogen-bond acceptors (Lipinski definition) is 12. The Morgan fingerprint density at radius 2 is 1.59 bits per heavy atom. The molecule has 3 N–H and O–H groups in total. The number of ketones is 1. The van der Waals surface area contributed by atoms with Crippen LogP contribution in [0.5, 0.6) is 5.75 Å². The third kappa shape index (κ3) is 8.77.